The molecule has 1 aliphatic rings. The molecule has 0 aliphatic carbocycles. The van der Waals surface area contributed by atoms with E-state index in [1.54, 1.807) is 29.0 Å². The maximum atomic E-state index is 13.7. The third-order valence-electron chi connectivity index (χ3n) is 7.75. The fourth-order valence-corrected chi connectivity index (χ4v) is 6.59. The molecule has 3 aromatic carbocycles. The number of nitrogens with one attached hydrogen (secondary N) is 2. The number of carbonyl (C=O) groups excluding carboxylic acids is 1. The van der Waals surface area contributed by atoms with Crippen LogP contribution in [0.15, 0.2) is 72.9 Å². The Morgan fingerprint density at radius 3 is 2.39 bits per heavy atom. The number of benzene rings is 3. The highest BCUT2D eigenvalue weighted by Gasteiger charge is 2.32. The zero-order valence-corrected chi connectivity index (χ0v) is 26.0. The third-order valence-corrected chi connectivity index (χ3v) is 9.39. The van der Waals surface area contributed by atoms with E-state index in [0.717, 1.165) is 34.2 Å². The maximum absolute atomic E-state index is 13.7. The highest BCUT2D eigenvalue weighted by molar-refractivity contribution is 7.91. The van der Waals surface area contributed by atoms with Crippen LogP contribution in [0, 0.1) is 0 Å². The number of sulfonamides is 1. The van der Waals surface area contributed by atoms with E-state index < -0.39 is 39.8 Å². The molecule has 0 saturated carbocycles. The van der Waals surface area contributed by atoms with Gasteiger partial charge in [0.15, 0.2) is 0 Å². The van der Waals surface area contributed by atoms with Crippen LogP contribution in [-0.4, -0.2) is 61.3 Å². The summed E-state index contributed by atoms with van der Waals surface area (Å²) >= 11 is 0. The number of anilines is 1. The second kappa shape index (κ2) is 14.4. The maximum Gasteiger partial charge on any atom is 0.416 e. The molecule has 0 spiro atoms. The molecule has 4 aromatic rings. The fraction of sp³-hybridized carbons (Fsp3) is 0.312. The summed E-state index contributed by atoms with van der Waals surface area (Å²) in [6, 6.07) is 16.8. The van der Waals surface area contributed by atoms with Gasteiger partial charge in [-0.2, -0.15) is 13.2 Å². The molecule has 0 bridgehead atoms. The number of carboxylic acid groups (broad SMARTS) is 1. The summed E-state index contributed by atoms with van der Waals surface area (Å²) in [6.07, 6.45) is -2.81. The summed E-state index contributed by atoms with van der Waals surface area (Å²) < 4.78 is 67.8. The number of carbonyl (C=O) groups is 2. The molecule has 2 heterocycles. The Kier molecular flexibility index (Phi) is 10.8. The summed E-state index contributed by atoms with van der Waals surface area (Å²) in [5.41, 5.74) is 2.83. The Morgan fingerprint density at radius 2 is 1.74 bits per heavy atom. The lowest BCUT2D eigenvalue weighted by atomic mass is 9.99. The Balaban J connectivity index is 0.00000154. The number of aryl methyl sites for hydroxylation is 1. The lowest BCUT2D eigenvalue weighted by Crippen LogP contribution is -2.48. The molecule has 1 aromatic heterocycles. The first-order chi connectivity index (χ1) is 21.8. The molecule has 4 N–H and O–H groups in total. The normalized spacial score (nSPS) is 15.0. The number of aliphatic hydroxyl groups is 1. The SMILES string of the molecule is CCc1cn2c3c(cc(C(=O)N[C@@H](Cc4ccccc4)[C@H](O)CNCc4cccc(C(F)(F)F)c4)cc13)N(C)S(=O)(=O)C2.O=CO. The molecule has 5 rings (SSSR count). The van der Waals surface area contributed by atoms with Crippen molar-refractivity contribution in [2.24, 2.45) is 0 Å². The molecule has 0 saturated heterocycles. The van der Waals surface area contributed by atoms with E-state index in [9.17, 15) is 31.5 Å². The average Bonchev–Trinajstić information content (AvgIpc) is 3.36. The molecule has 1 aliphatic heterocycles. The van der Waals surface area contributed by atoms with Crippen molar-refractivity contribution in [3.05, 3.63) is 101 Å². The van der Waals surface area contributed by atoms with Crippen LogP contribution in [0.1, 0.15) is 39.5 Å². The van der Waals surface area contributed by atoms with Crippen LogP contribution in [0.4, 0.5) is 18.9 Å². The van der Waals surface area contributed by atoms with Gasteiger partial charge in [-0.15, -0.1) is 0 Å². The van der Waals surface area contributed by atoms with Gasteiger partial charge in [0.2, 0.25) is 0 Å². The number of alkyl halides is 3. The summed E-state index contributed by atoms with van der Waals surface area (Å²) in [6.45, 7) is 1.80. The van der Waals surface area contributed by atoms with Crippen molar-refractivity contribution in [3.63, 3.8) is 0 Å². The topological polar surface area (TPSA) is 141 Å². The van der Waals surface area contributed by atoms with Gasteiger partial charge in [-0.1, -0.05) is 55.5 Å². The zero-order chi connectivity index (χ0) is 33.6. The fourth-order valence-electron chi connectivity index (χ4n) is 5.42. The predicted molar refractivity (Wildman–Crippen MR) is 168 cm³/mol. The molecule has 10 nitrogen and oxygen atoms in total. The minimum absolute atomic E-state index is 0.00211. The van der Waals surface area contributed by atoms with E-state index in [-0.39, 0.29) is 31.0 Å². The van der Waals surface area contributed by atoms with Crippen molar-refractivity contribution in [2.75, 3.05) is 17.9 Å². The van der Waals surface area contributed by atoms with Gasteiger partial charge in [0.05, 0.1) is 28.9 Å². The van der Waals surface area contributed by atoms with Gasteiger partial charge in [0.1, 0.15) is 5.88 Å². The summed E-state index contributed by atoms with van der Waals surface area (Å²) in [5, 5.41) is 24.8. The van der Waals surface area contributed by atoms with Gasteiger partial charge >= 0.3 is 6.18 Å². The Hall–Kier alpha value is -4.40. The lowest BCUT2D eigenvalue weighted by Gasteiger charge is -2.28. The number of hydrogen-bond acceptors (Lipinski definition) is 6. The van der Waals surface area contributed by atoms with Gasteiger partial charge in [-0.3, -0.25) is 13.9 Å². The second-order valence-corrected chi connectivity index (χ2v) is 12.8. The molecule has 2 atom stereocenters. The number of aliphatic hydroxyl groups excluding tert-OH is 1. The summed E-state index contributed by atoms with van der Waals surface area (Å²) in [7, 11) is -2.16. The molecular formula is C32H35F3N4O6S. The second-order valence-electron chi connectivity index (χ2n) is 10.8. The summed E-state index contributed by atoms with van der Waals surface area (Å²) in [5.74, 6) is -0.667. The van der Waals surface area contributed by atoms with Gasteiger partial charge in [-0.05, 0) is 47.7 Å². The standard InChI is InChI=1S/C31H33F3N4O4S.CH2O2/c1-3-22-18-38-19-43(41,42)37(2)27-15-23(14-25(22)29(27)38)30(40)36-26(13-20-8-5-4-6-9-20)28(39)17-35-16-21-10-7-11-24(12-21)31(32,33)34;2-1-3/h4-12,14-15,18,26,28,35,39H,3,13,16-17,19H2,1-2H3,(H,36,40);1H,(H,2,3)/t26-,28+;/m0./s1. The van der Waals surface area contributed by atoms with Crippen LogP contribution in [0.3, 0.4) is 0 Å². The molecule has 246 valence electrons. The quantitative estimate of drug-likeness (QED) is 0.187. The number of amides is 1. The molecular weight excluding hydrogens is 625 g/mol. The number of hydrogen-bond donors (Lipinski definition) is 4. The van der Waals surface area contributed by atoms with E-state index >= 15 is 0 Å². The number of nitrogens with zero attached hydrogens (tertiary/aromatic N) is 2. The lowest BCUT2D eigenvalue weighted by molar-refractivity contribution is -0.137. The van der Waals surface area contributed by atoms with Crippen molar-refractivity contribution in [3.8, 4) is 0 Å². The van der Waals surface area contributed by atoms with Crippen molar-refractivity contribution in [1.82, 2.24) is 15.2 Å². The average molecular weight is 661 g/mol. The zero-order valence-electron chi connectivity index (χ0n) is 25.2. The van der Waals surface area contributed by atoms with E-state index in [4.69, 9.17) is 9.90 Å². The van der Waals surface area contributed by atoms with E-state index in [2.05, 4.69) is 10.6 Å². The Morgan fingerprint density at radius 1 is 1.07 bits per heavy atom. The van der Waals surface area contributed by atoms with Crippen LogP contribution >= 0.6 is 0 Å². The first kappa shape index (κ1) is 34.5. The van der Waals surface area contributed by atoms with Crippen molar-refractivity contribution < 1.29 is 41.4 Å². The van der Waals surface area contributed by atoms with Crippen LogP contribution in [0.2, 0.25) is 0 Å². The Bertz CT molecular complexity index is 1790. The first-order valence-corrected chi connectivity index (χ1v) is 16.0. The van der Waals surface area contributed by atoms with Crippen molar-refractivity contribution in [1.29, 1.82) is 0 Å². The number of aromatic nitrogens is 1. The van der Waals surface area contributed by atoms with Crippen LogP contribution in [0.5, 0.6) is 0 Å². The van der Waals surface area contributed by atoms with Crippen LogP contribution in [0.25, 0.3) is 10.9 Å². The predicted octanol–water partition coefficient (Wildman–Crippen LogP) is 4.15. The summed E-state index contributed by atoms with van der Waals surface area (Å²) in [4.78, 5) is 22.0. The number of halogens is 3. The minimum Gasteiger partial charge on any atom is -0.483 e. The Labute approximate surface area is 264 Å². The molecule has 0 radical (unpaired) electrons. The largest absolute Gasteiger partial charge is 0.483 e. The highest BCUT2D eigenvalue weighted by Crippen LogP contribution is 2.37. The first-order valence-electron chi connectivity index (χ1n) is 14.4. The minimum atomic E-state index is -4.46. The monoisotopic (exact) mass is 660 g/mol. The van der Waals surface area contributed by atoms with Crippen molar-refractivity contribution >= 4 is 39.0 Å². The van der Waals surface area contributed by atoms with Crippen LogP contribution in [-0.2, 0) is 46.3 Å². The highest BCUT2D eigenvalue weighted by atomic mass is 32.2. The molecule has 14 heteroatoms. The molecule has 46 heavy (non-hydrogen) atoms. The molecule has 1 amide bonds. The molecule has 0 unspecified atom stereocenters. The smallest absolute Gasteiger partial charge is 0.416 e. The van der Waals surface area contributed by atoms with E-state index in [1.807, 2.05) is 37.3 Å². The van der Waals surface area contributed by atoms with E-state index in [1.165, 1.54) is 17.4 Å². The third kappa shape index (κ3) is 7.87. The molecule has 0 fully saturated rings. The van der Waals surface area contributed by atoms with Crippen LogP contribution < -0.4 is 14.9 Å². The van der Waals surface area contributed by atoms with Crippen molar-refractivity contribution in [2.45, 2.75) is 50.5 Å². The van der Waals surface area contributed by atoms with Gasteiger partial charge in [0, 0.05) is 37.3 Å². The van der Waals surface area contributed by atoms with E-state index in [0.29, 0.717) is 24.1 Å². The van der Waals surface area contributed by atoms with Gasteiger partial charge < -0.3 is 25.4 Å². The van der Waals surface area contributed by atoms with Gasteiger partial charge in [-0.25, -0.2) is 8.42 Å². The van der Waals surface area contributed by atoms with Gasteiger partial charge in [0.25, 0.3) is 22.4 Å². The number of rotatable bonds is 10.